The van der Waals surface area contributed by atoms with Crippen molar-refractivity contribution in [2.24, 2.45) is 0 Å². The number of amides is 3. The topological polar surface area (TPSA) is 111 Å². The third-order valence-corrected chi connectivity index (χ3v) is 4.22. The largest absolute Gasteiger partial charge is 0.351 e. The molecular weight excluding hydrogens is 348 g/mol. The van der Waals surface area contributed by atoms with Crippen molar-refractivity contribution in [1.82, 2.24) is 15.7 Å². The normalized spacial score (nSPS) is 10.5. The van der Waals surface area contributed by atoms with Crippen molar-refractivity contribution < 1.29 is 19.6 Å². The number of rotatable bonds is 12. The number of unbranched alkanes of at least 4 members (excludes halogenated alkanes) is 1. The summed E-state index contributed by atoms with van der Waals surface area (Å²) in [5, 5.41) is 14.0. The second-order valence-corrected chi connectivity index (χ2v) is 6.15. The minimum absolute atomic E-state index is 0.137. The lowest BCUT2D eigenvalue weighted by Crippen LogP contribution is -2.34. The Bertz CT molecular complexity index is 600. The van der Waals surface area contributed by atoms with Gasteiger partial charge in [-0.25, -0.2) is 5.48 Å². The summed E-state index contributed by atoms with van der Waals surface area (Å²) < 4.78 is 0. The first kappa shape index (κ1) is 22.6. The van der Waals surface area contributed by atoms with E-state index >= 15 is 0 Å². The monoisotopic (exact) mass is 378 g/mol. The van der Waals surface area contributed by atoms with Crippen LogP contribution in [0.15, 0.2) is 24.3 Å². The van der Waals surface area contributed by atoms with E-state index in [1.165, 1.54) is 0 Å². The van der Waals surface area contributed by atoms with Gasteiger partial charge in [0.25, 0.3) is 5.91 Å². The molecule has 0 heterocycles. The molecule has 1 aromatic carbocycles. The van der Waals surface area contributed by atoms with Crippen LogP contribution < -0.4 is 16.1 Å². The van der Waals surface area contributed by atoms with Crippen LogP contribution in [-0.4, -0.2) is 54.0 Å². The molecule has 1 aromatic rings. The molecule has 3 amide bonds. The number of nitrogens with one attached hydrogen (secondary N) is 3. The summed E-state index contributed by atoms with van der Waals surface area (Å²) in [7, 11) is 0. The van der Waals surface area contributed by atoms with E-state index in [1.807, 2.05) is 0 Å². The van der Waals surface area contributed by atoms with Gasteiger partial charge in [-0.15, -0.1) is 0 Å². The molecule has 0 saturated heterocycles. The highest BCUT2D eigenvalue weighted by atomic mass is 16.5. The van der Waals surface area contributed by atoms with Crippen molar-refractivity contribution in [1.29, 1.82) is 0 Å². The Hall–Kier alpha value is -2.45. The minimum Gasteiger partial charge on any atom is -0.351 e. The van der Waals surface area contributed by atoms with Crippen molar-refractivity contribution >= 4 is 23.4 Å². The van der Waals surface area contributed by atoms with Gasteiger partial charge in [0.15, 0.2) is 0 Å². The van der Waals surface area contributed by atoms with Gasteiger partial charge in [0.05, 0.1) is 0 Å². The van der Waals surface area contributed by atoms with E-state index in [9.17, 15) is 14.4 Å². The lowest BCUT2D eigenvalue weighted by molar-refractivity contribution is -0.129. The van der Waals surface area contributed by atoms with Gasteiger partial charge in [-0.05, 0) is 50.2 Å². The number of nitrogens with zero attached hydrogens (tertiary/aromatic N) is 1. The van der Waals surface area contributed by atoms with Crippen LogP contribution >= 0.6 is 0 Å². The van der Waals surface area contributed by atoms with Crippen molar-refractivity contribution in [2.45, 2.75) is 39.5 Å². The predicted octanol–water partition coefficient (Wildman–Crippen LogP) is 1.76. The summed E-state index contributed by atoms with van der Waals surface area (Å²) in [4.78, 5) is 37.1. The van der Waals surface area contributed by atoms with E-state index in [2.05, 4.69) is 29.4 Å². The molecule has 0 saturated carbocycles. The Morgan fingerprint density at radius 3 is 2.11 bits per heavy atom. The summed E-state index contributed by atoms with van der Waals surface area (Å²) in [5.41, 5.74) is 2.72. The second-order valence-electron chi connectivity index (χ2n) is 6.15. The van der Waals surface area contributed by atoms with Crippen LogP contribution in [0.3, 0.4) is 0 Å². The van der Waals surface area contributed by atoms with E-state index in [-0.39, 0.29) is 24.7 Å². The third kappa shape index (κ3) is 9.16. The van der Waals surface area contributed by atoms with Crippen LogP contribution in [0.4, 0.5) is 5.69 Å². The summed E-state index contributed by atoms with van der Waals surface area (Å²) >= 11 is 0. The summed E-state index contributed by atoms with van der Waals surface area (Å²) in [6, 6.07) is 6.73. The van der Waals surface area contributed by atoms with Gasteiger partial charge >= 0.3 is 0 Å². The number of benzene rings is 1. The Balaban J connectivity index is 2.34. The minimum atomic E-state index is -0.457. The lowest BCUT2D eigenvalue weighted by Gasteiger charge is -2.18. The summed E-state index contributed by atoms with van der Waals surface area (Å²) in [6.07, 6.45) is 1.53. The molecule has 0 radical (unpaired) electrons. The van der Waals surface area contributed by atoms with E-state index in [0.717, 1.165) is 19.6 Å². The van der Waals surface area contributed by atoms with Crippen molar-refractivity contribution in [3.05, 3.63) is 29.8 Å². The van der Waals surface area contributed by atoms with Gasteiger partial charge in [0.1, 0.15) is 0 Å². The maximum absolute atomic E-state index is 12.1. The van der Waals surface area contributed by atoms with E-state index < -0.39 is 5.91 Å². The van der Waals surface area contributed by atoms with Crippen molar-refractivity contribution in [2.75, 3.05) is 31.5 Å². The van der Waals surface area contributed by atoms with E-state index in [0.29, 0.717) is 30.6 Å². The molecule has 0 aliphatic rings. The standard InChI is InChI=1S/C19H30N4O4/c1-3-23(4-2)14-13-20-19(26)15-9-11-16(12-10-15)21-17(24)7-5-6-8-18(25)22-27/h9-12,27H,3-8,13-14H2,1-2H3,(H,20,26)(H,21,24)(H,22,25). The maximum Gasteiger partial charge on any atom is 0.251 e. The fourth-order valence-electron chi connectivity index (χ4n) is 2.52. The average molecular weight is 378 g/mol. The molecule has 0 aliphatic carbocycles. The molecule has 0 aromatic heterocycles. The Morgan fingerprint density at radius 2 is 1.56 bits per heavy atom. The molecule has 0 fully saturated rings. The van der Waals surface area contributed by atoms with Gasteiger partial charge in [-0.2, -0.15) is 0 Å². The van der Waals surface area contributed by atoms with E-state index in [1.54, 1.807) is 29.7 Å². The number of hydroxylamine groups is 1. The SMILES string of the molecule is CCN(CC)CCNC(=O)c1ccc(NC(=O)CCCCC(=O)NO)cc1. The molecule has 0 atom stereocenters. The first-order valence-corrected chi connectivity index (χ1v) is 9.33. The van der Waals surface area contributed by atoms with Crippen LogP contribution in [0.25, 0.3) is 0 Å². The number of likely N-dealkylation sites (N-methyl/N-ethyl adjacent to an activating group) is 1. The quantitative estimate of drug-likeness (QED) is 0.252. The number of carbonyl (C=O) groups is 3. The predicted molar refractivity (Wildman–Crippen MR) is 104 cm³/mol. The molecule has 4 N–H and O–H groups in total. The van der Waals surface area contributed by atoms with Crippen LogP contribution in [0.1, 0.15) is 49.9 Å². The summed E-state index contributed by atoms with van der Waals surface area (Å²) in [6.45, 7) is 7.49. The Kier molecular flexibility index (Phi) is 10.7. The molecule has 8 heteroatoms. The highest BCUT2D eigenvalue weighted by Crippen LogP contribution is 2.11. The van der Waals surface area contributed by atoms with Crippen molar-refractivity contribution in [3.63, 3.8) is 0 Å². The third-order valence-electron chi connectivity index (χ3n) is 4.22. The van der Waals surface area contributed by atoms with Gasteiger partial charge in [-0.1, -0.05) is 13.8 Å². The number of carbonyl (C=O) groups excluding carboxylic acids is 3. The van der Waals surface area contributed by atoms with Crippen LogP contribution in [0, 0.1) is 0 Å². The molecule has 8 nitrogen and oxygen atoms in total. The molecule has 0 bridgehead atoms. The molecule has 150 valence electrons. The highest BCUT2D eigenvalue weighted by Gasteiger charge is 2.08. The molecular formula is C19H30N4O4. The van der Waals surface area contributed by atoms with Gasteiger partial charge in [0.2, 0.25) is 11.8 Å². The number of anilines is 1. The Labute approximate surface area is 160 Å². The van der Waals surface area contributed by atoms with Crippen molar-refractivity contribution in [3.8, 4) is 0 Å². The highest BCUT2D eigenvalue weighted by molar-refractivity contribution is 5.95. The Morgan fingerprint density at radius 1 is 0.963 bits per heavy atom. The first-order chi connectivity index (χ1) is 13.0. The first-order valence-electron chi connectivity index (χ1n) is 9.33. The lowest BCUT2D eigenvalue weighted by atomic mass is 10.1. The zero-order valence-corrected chi connectivity index (χ0v) is 16.1. The second kappa shape index (κ2) is 12.8. The zero-order chi connectivity index (χ0) is 20.1. The fraction of sp³-hybridized carbons (Fsp3) is 0.526. The number of hydrogen-bond donors (Lipinski definition) is 4. The fourth-order valence-corrected chi connectivity index (χ4v) is 2.52. The van der Waals surface area contributed by atoms with Crippen LogP contribution in [-0.2, 0) is 9.59 Å². The maximum atomic E-state index is 12.1. The smallest absolute Gasteiger partial charge is 0.251 e. The molecule has 27 heavy (non-hydrogen) atoms. The van der Waals surface area contributed by atoms with Gasteiger partial charge in [-0.3, -0.25) is 19.6 Å². The van der Waals surface area contributed by atoms with Gasteiger partial charge < -0.3 is 15.5 Å². The average Bonchev–Trinajstić information content (AvgIpc) is 2.68. The molecule has 0 unspecified atom stereocenters. The summed E-state index contributed by atoms with van der Waals surface area (Å²) in [5.74, 6) is -0.751. The number of hydrogen-bond acceptors (Lipinski definition) is 5. The van der Waals surface area contributed by atoms with E-state index in [4.69, 9.17) is 5.21 Å². The molecule has 0 spiro atoms. The van der Waals surface area contributed by atoms with Crippen LogP contribution in [0.5, 0.6) is 0 Å². The van der Waals surface area contributed by atoms with Crippen LogP contribution in [0.2, 0.25) is 0 Å². The van der Waals surface area contributed by atoms with Gasteiger partial charge in [0, 0.05) is 37.2 Å². The zero-order valence-electron chi connectivity index (χ0n) is 16.1. The molecule has 0 aliphatic heterocycles. The molecule has 1 rings (SSSR count).